The lowest BCUT2D eigenvalue weighted by molar-refractivity contribution is 0.211. The number of aromatic nitrogens is 2. The van der Waals surface area contributed by atoms with Gasteiger partial charge in [0.15, 0.2) is 0 Å². The number of amides is 2. The fourth-order valence-corrected chi connectivity index (χ4v) is 2.75. The summed E-state index contributed by atoms with van der Waals surface area (Å²) in [5, 5.41) is 0. The number of urea groups is 1. The molecule has 1 aliphatic rings. The molecule has 1 saturated heterocycles. The number of carbonyl (C=O) groups is 1. The lowest BCUT2D eigenvalue weighted by Gasteiger charge is -2.22. The van der Waals surface area contributed by atoms with E-state index in [1.807, 2.05) is 25.2 Å². The first-order chi connectivity index (χ1) is 9.66. The van der Waals surface area contributed by atoms with Crippen LogP contribution >= 0.6 is 0 Å². The second kappa shape index (κ2) is 5.03. The van der Waals surface area contributed by atoms with Crippen LogP contribution in [0.1, 0.15) is 6.42 Å². The van der Waals surface area contributed by atoms with Crippen LogP contribution in [0.4, 0.5) is 10.7 Å². The van der Waals surface area contributed by atoms with Gasteiger partial charge in [0.25, 0.3) is 0 Å². The van der Waals surface area contributed by atoms with E-state index in [2.05, 4.69) is 15.5 Å². The number of benzene rings is 1. The van der Waals surface area contributed by atoms with Gasteiger partial charge in [-0.1, -0.05) is 12.1 Å². The zero-order valence-electron chi connectivity index (χ0n) is 11.6. The number of nitrogens with zero attached hydrogens (tertiary/aromatic N) is 4. The molecule has 0 bridgehead atoms. The SMILES string of the molecule is Cn1c(N2CCCN(C(N)=O)CC2)nc2ccccc21. The van der Waals surface area contributed by atoms with Crippen molar-refractivity contribution in [3.8, 4) is 0 Å². The molecular formula is C14H19N5O. The van der Waals surface area contributed by atoms with E-state index in [-0.39, 0.29) is 6.03 Å². The van der Waals surface area contributed by atoms with Crippen molar-refractivity contribution in [3.05, 3.63) is 24.3 Å². The van der Waals surface area contributed by atoms with E-state index in [1.54, 1.807) is 4.90 Å². The average molecular weight is 273 g/mol. The van der Waals surface area contributed by atoms with Gasteiger partial charge >= 0.3 is 6.03 Å². The van der Waals surface area contributed by atoms with E-state index in [1.165, 1.54) is 0 Å². The van der Waals surface area contributed by atoms with Crippen LogP contribution in [0, 0.1) is 0 Å². The third kappa shape index (κ3) is 2.17. The maximum absolute atomic E-state index is 11.3. The number of imidazole rings is 1. The lowest BCUT2D eigenvalue weighted by Crippen LogP contribution is -2.38. The van der Waals surface area contributed by atoms with Crippen LogP contribution in [0.5, 0.6) is 0 Å². The zero-order chi connectivity index (χ0) is 14.1. The molecular weight excluding hydrogens is 254 g/mol. The Morgan fingerprint density at radius 1 is 1.20 bits per heavy atom. The lowest BCUT2D eigenvalue weighted by atomic mass is 10.3. The summed E-state index contributed by atoms with van der Waals surface area (Å²) in [6.07, 6.45) is 0.909. The van der Waals surface area contributed by atoms with Gasteiger partial charge in [-0.25, -0.2) is 9.78 Å². The molecule has 2 amide bonds. The fourth-order valence-electron chi connectivity index (χ4n) is 2.75. The Morgan fingerprint density at radius 2 is 2.00 bits per heavy atom. The molecule has 1 aromatic heterocycles. The Hall–Kier alpha value is -2.24. The molecule has 6 heteroatoms. The van der Waals surface area contributed by atoms with E-state index < -0.39 is 0 Å². The van der Waals surface area contributed by atoms with Gasteiger partial charge in [-0.15, -0.1) is 0 Å². The number of rotatable bonds is 1. The van der Waals surface area contributed by atoms with Gasteiger partial charge in [-0.2, -0.15) is 0 Å². The molecule has 1 fully saturated rings. The Bertz CT molecular complexity index is 636. The summed E-state index contributed by atoms with van der Waals surface area (Å²) in [5.41, 5.74) is 7.48. The topological polar surface area (TPSA) is 67.4 Å². The molecule has 0 unspecified atom stereocenters. The van der Waals surface area contributed by atoms with Crippen molar-refractivity contribution in [2.45, 2.75) is 6.42 Å². The predicted molar refractivity (Wildman–Crippen MR) is 78.7 cm³/mol. The van der Waals surface area contributed by atoms with E-state index in [0.717, 1.165) is 43.0 Å². The number of nitrogens with two attached hydrogens (primary N) is 1. The quantitative estimate of drug-likeness (QED) is 0.848. The van der Waals surface area contributed by atoms with Gasteiger partial charge in [0, 0.05) is 33.2 Å². The molecule has 1 aromatic carbocycles. The maximum atomic E-state index is 11.3. The molecule has 2 heterocycles. The summed E-state index contributed by atoms with van der Waals surface area (Å²) >= 11 is 0. The highest BCUT2D eigenvalue weighted by atomic mass is 16.2. The highest BCUT2D eigenvalue weighted by molar-refractivity contribution is 5.78. The Morgan fingerprint density at radius 3 is 2.75 bits per heavy atom. The van der Waals surface area contributed by atoms with Crippen molar-refractivity contribution in [1.29, 1.82) is 0 Å². The molecule has 6 nitrogen and oxygen atoms in total. The number of para-hydroxylation sites is 2. The number of hydrogen-bond acceptors (Lipinski definition) is 3. The summed E-state index contributed by atoms with van der Waals surface area (Å²) in [6, 6.07) is 7.77. The first-order valence-corrected chi connectivity index (χ1v) is 6.87. The molecule has 20 heavy (non-hydrogen) atoms. The highest BCUT2D eigenvalue weighted by Gasteiger charge is 2.20. The van der Waals surface area contributed by atoms with Gasteiger partial charge in [0.1, 0.15) is 0 Å². The van der Waals surface area contributed by atoms with Crippen LogP contribution < -0.4 is 10.6 Å². The van der Waals surface area contributed by atoms with Crippen LogP contribution in [0.2, 0.25) is 0 Å². The van der Waals surface area contributed by atoms with Crippen LogP contribution in [0.25, 0.3) is 11.0 Å². The van der Waals surface area contributed by atoms with Crippen molar-refractivity contribution < 1.29 is 4.79 Å². The first kappa shape index (κ1) is 12.8. The number of primary amides is 1. The van der Waals surface area contributed by atoms with Gasteiger partial charge in [-0.05, 0) is 18.6 Å². The summed E-state index contributed by atoms with van der Waals surface area (Å²) in [7, 11) is 2.03. The Balaban J connectivity index is 1.87. The van der Waals surface area contributed by atoms with E-state index in [0.29, 0.717) is 6.54 Å². The monoisotopic (exact) mass is 273 g/mol. The average Bonchev–Trinajstić information content (AvgIpc) is 2.65. The van der Waals surface area contributed by atoms with E-state index in [9.17, 15) is 4.79 Å². The summed E-state index contributed by atoms with van der Waals surface area (Å²) in [6.45, 7) is 3.02. The van der Waals surface area contributed by atoms with Crippen molar-refractivity contribution in [2.75, 3.05) is 31.1 Å². The van der Waals surface area contributed by atoms with Crippen LogP contribution in [-0.2, 0) is 7.05 Å². The Kier molecular flexibility index (Phi) is 3.22. The molecule has 0 radical (unpaired) electrons. The number of fused-ring (bicyclic) bond motifs is 1. The minimum absolute atomic E-state index is 0.336. The van der Waals surface area contributed by atoms with E-state index in [4.69, 9.17) is 10.7 Å². The standard InChI is InChI=1S/C14H19N5O/c1-17-12-6-3-2-5-11(12)16-14(17)19-8-4-7-18(9-10-19)13(15)20/h2-3,5-6H,4,7-10H2,1H3,(H2,15,20). The minimum Gasteiger partial charge on any atom is -0.351 e. The molecule has 3 rings (SSSR count). The van der Waals surface area contributed by atoms with Gasteiger partial charge < -0.3 is 20.1 Å². The van der Waals surface area contributed by atoms with Crippen LogP contribution in [0.3, 0.4) is 0 Å². The fraction of sp³-hybridized carbons (Fsp3) is 0.429. The van der Waals surface area contributed by atoms with E-state index >= 15 is 0 Å². The predicted octanol–water partition coefficient (Wildman–Crippen LogP) is 1.16. The summed E-state index contributed by atoms with van der Waals surface area (Å²) < 4.78 is 2.11. The number of anilines is 1. The first-order valence-electron chi connectivity index (χ1n) is 6.87. The van der Waals surface area contributed by atoms with Crippen molar-refractivity contribution in [1.82, 2.24) is 14.5 Å². The largest absolute Gasteiger partial charge is 0.351 e. The van der Waals surface area contributed by atoms with Crippen LogP contribution in [-0.4, -0.2) is 46.7 Å². The van der Waals surface area contributed by atoms with Gasteiger partial charge in [0.2, 0.25) is 5.95 Å². The molecule has 0 saturated carbocycles. The maximum Gasteiger partial charge on any atom is 0.314 e. The summed E-state index contributed by atoms with van der Waals surface area (Å²) in [4.78, 5) is 19.9. The van der Waals surface area contributed by atoms with Gasteiger partial charge in [-0.3, -0.25) is 0 Å². The third-order valence-corrected chi connectivity index (χ3v) is 3.85. The molecule has 0 atom stereocenters. The molecule has 0 aliphatic carbocycles. The molecule has 2 N–H and O–H groups in total. The number of hydrogen-bond donors (Lipinski definition) is 1. The third-order valence-electron chi connectivity index (χ3n) is 3.85. The normalized spacial score (nSPS) is 16.4. The molecule has 2 aromatic rings. The van der Waals surface area contributed by atoms with Crippen molar-refractivity contribution in [2.24, 2.45) is 12.8 Å². The van der Waals surface area contributed by atoms with Crippen molar-refractivity contribution >= 4 is 23.0 Å². The molecule has 0 spiro atoms. The second-order valence-corrected chi connectivity index (χ2v) is 5.13. The minimum atomic E-state index is -0.336. The number of carbonyl (C=O) groups excluding carboxylic acids is 1. The number of aryl methyl sites for hydroxylation is 1. The van der Waals surface area contributed by atoms with Crippen molar-refractivity contribution in [3.63, 3.8) is 0 Å². The highest BCUT2D eigenvalue weighted by Crippen LogP contribution is 2.21. The smallest absolute Gasteiger partial charge is 0.314 e. The second-order valence-electron chi connectivity index (χ2n) is 5.13. The Labute approximate surface area is 117 Å². The zero-order valence-corrected chi connectivity index (χ0v) is 11.6. The van der Waals surface area contributed by atoms with Gasteiger partial charge in [0.05, 0.1) is 11.0 Å². The molecule has 1 aliphatic heterocycles. The summed E-state index contributed by atoms with van der Waals surface area (Å²) in [5.74, 6) is 0.956. The van der Waals surface area contributed by atoms with Crippen LogP contribution in [0.15, 0.2) is 24.3 Å². The molecule has 106 valence electrons.